The maximum absolute atomic E-state index is 14.2. The monoisotopic (exact) mass is 674 g/mol. The Balaban J connectivity index is 1.38. The van der Waals surface area contributed by atoms with Crippen molar-refractivity contribution < 1.29 is 42.9 Å². The number of benzene rings is 1. The molecule has 1 aromatic carbocycles. The summed E-state index contributed by atoms with van der Waals surface area (Å²) in [5.41, 5.74) is -0.334. The third-order valence-electron chi connectivity index (χ3n) is 8.65. The Kier molecular flexibility index (Phi) is 10.4. The smallest absolute Gasteiger partial charge is 0.410 e. The fourth-order valence-electron chi connectivity index (χ4n) is 6.28. The molecule has 0 unspecified atom stereocenters. The Morgan fingerprint density at radius 1 is 1.19 bits per heavy atom. The van der Waals surface area contributed by atoms with Crippen LogP contribution in [-0.2, 0) is 46.4 Å². The summed E-state index contributed by atoms with van der Waals surface area (Å²) in [6, 6.07) is 3.33. The number of fused-ring (bicyclic) bond motifs is 3. The predicted octanol–water partition coefficient (Wildman–Crippen LogP) is 3.46. The minimum absolute atomic E-state index is 0.00740. The molecule has 1 aliphatic carbocycles. The number of hydrogen-bond donors (Lipinski definition) is 2. The number of nitrogens with one attached hydrogen (secondary N) is 2. The summed E-state index contributed by atoms with van der Waals surface area (Å²) < 4.78 is 22.3. The van der Waals surface area contributed by atoms with Gasteiger partial charge < -0.3 is 34.5 Å². The summed E-state index contributed by atoms with van der Waals surface area (Å²) in [5, 5.41) is 6.09. The fraction of sp³-hybridized carbons (Fsp3) is 0.606. The number of ether oxygens (including phenoxy) is 4. The molecule has 0 spiro atoms. The maximum Gasteiger partial charge on any atom is 0.410 e. The van der Waals surface area contributed by atoms with Crippen LogP contribution in [-0.4, -0.2) is 95.5 Å². The van der Waals surface area contributed by atoms with E-state index in [1.807, 2.05) is 18.2 Å². The molecular weight excluding hydrogens is 632 g/mol. The average molecular weight is 675 g/mol. The molecule has 3 heterocycles. The first-order valence-electron chi connectivity index (χ1n) is 16.1. The molecule has 3 aliphatic heterocycles. The van der Waals surface area contributed by atoms with E-state index in [1.165, 1.54) is 9.80 Å². The normalized spacial score (nSPS) is 28.4. The Morgan fingerprint density at radius 3 is 2.70 bits per heavy atom. The number of nitrogens with zero attached hydrogens (tertiary/aromatic N) is 2. The highest BCUT2D eigenvalue weighted by Crippen LogP contribution is 2.46. The summed E-state index contributed by atoms with van der Waals surface area (Å²) >= 11 is 6.34. The topological polar surface area (TPSA) is 153 Å². The van der Waals surface area contributed by atoms with Gasteiger partial charge in [0.15, 0.2) is 0 Å². The van der Waals surface area contributed by atoms with Gasteiger partial charge in [0.05, 0.1) is 26.3 Å². The van der Waals surface area contributed by atoms with Crippen molar-refractivity contribution in [3.63, 3.8) is 0 Å². The van der Waals surface area contributed by atoms with Crippen molar-refractivity contribution in [2.45, 2.75) is 95.8 Å². The SMILES string of the molecule is CCOC(=O)[C@@]12C[C@H]1/C=C\COCCC[C@H](NC(=O)OC(C)(C)C)C(=O)N1C[C@H](OC(=O)N3Cc4cccc(Cl)c4C3)C[C@H]1C(=O)N2. The van der Waals surface area contributed by atoms with Gasteiger partial charge in [0.25, 0.3) is 0 Å². The van der Waals surface area contributed by atoms with E-state index >= 15 is 0 Å². The number of alkyl carbamates (subject to hydrolysis) is 1. The van der Waals surface area contributed by atoms with Gasteiger partial charge in [-0.05, 0) is 64.2 Å². The van der Waals surface area contributed by atoms with Gasteiger partial charge in [0.1, 0.15) is 29.3 Å². The van der Waals surface area contributed by atoms with Gasteiger partial charge in [0.2, 0.25) is 11.8 Å². The van der Waals surface area contributed by atoms with Gasteiger partial charge in [-0.2, -0.15) is 0 Å². The number of hydrogen-bond acceptors (Lipinski definition) is 9. The molecule has 5 rings (SSSR count). The van der Waals surface area contributed by atoms with E-state index in [0.717, 1.165) is 11.1 Å². The first-order chi connectivity index (χ1) is 22.3. The molecule has 4 amide bonds. The highest BCUT2D eigenvalue weighted by Gasteiger charge is 2.62. The van der Waals surface area contributed by atoms with Crippen LogP contribution in [0.2, 0.25) is 5.02 Å². The Morgan fingerprint density at radius 2 is 1.98 bits per heavy atom. The van der Waals surface area contributed by atoms with Gasteiger partial charge in [-0.25, -0.2) is 14.4 Å². The van der Waals surface area contributed by atoms with E-state index in [0.29, 0.717) is 31.0 Å². The lowest BCUT2D eigenvalue weighted by molar-refractivity contribution is -0.150. The van der Waals surface area contributed by atoms with Crippen LogP contribution in [0.1, 0.15) is 64.5 Å². The number of carbonyl (C=O) groups excluding carboxylic acids is 5. The van der Waals surface area contributed by atoms with Gasteiger partial charge in [-0.3, -0.25) is 14.5 Å². The molecule has 0 bridgehead atoms. The van der Waals surface area contributed by atoms with Crippen LogP contribution < -0.4 is 10.6 Å². The van der Waals surface area contributed by atoms with E-state index < -0.39 is 59.3 Å². The largest absolute Gasteiger partial charge is 0.464 e. The lowest BCUT2D eigenvalue weighted by atomic mass is 10.1. The third-order valence-corrected chi connectivity index (χ3v) is 9.01. The molecular formula is C33H43ClN4O9. The van der Waals surface area contributed by atoms with Crippen LogP contribution in [0.15, 0.2) is 30.4 Å². The van der Waals surface area contributed by atoms with Crippen molar-refractivity contribution in [1.82, 2.24) is 20.4 Å². The lowest BCUT2D eigenvalue weighted by Crippen LogP contribution is -2.56. The molecule has 1 saturated heterocycles. The molecule has 14 heteroatoms. The van der Waals surface area contributed by atoms with Gasteiger partial charge in [0, 0.05) is 30.5 Å². The van der Waals surface area contributed by atoms with Crippen LogP contribution in [0.3, 0.4) is 0 Å². The quantitative estimate of drug-likeness (QED) is 0.278. The summed E-state index contributed by atoms with van der Waals surface area (Å²) in [5.74, 6) is -2.00. The average Bonchev–Trinajstić information content (AvgIpc) is 3.31. The van der Waals surface area contributed by atoms with Crippen molar-refractivity contribution in [2.24, 2.45) is 5.92 Å². The number of carbonyl (C=O) groups is 5. The minimum Gasteiger partial charge on any atom is -0.464 e. The van der Waals surface area contributed by atoms with E-state index in [-0.39, 0.29) is 45.1 Å². The molecule has 256 valence electrons. The van der Waals surface area contributed by atoms with E-state index in [1.54, 1.807) is 39.8 Å². The molecule has 0 aromatic heterocycles. The minimum atomic E-state index is -1.29. The van der Waals surface area contributed by atoms with Crippen LogP contribution in [0.4, 0.5) is 9.59 Å². The second-order valence-electron chi connectivity index (χ2n) is 13.3. The van der Waals surface area contributed by atoms with Crippen LogP contribution in [0, 0.1) is 5.92 Å². The fourth-order valence-corrected chi connectivity index (χ4v) is 6.54. The summed E-state index contributed by atoms with van der Waals surface area (Å²) in [6.45, 7) is 8.02. The third kappa shape index (κ3) is 8.01. The first kappa shape index (κ1) is 34.5. The van der Waals surface area contributed by atoms with Crippen molar-refractivity contribution in [3.8, 4) is 0 Å². The molecule has 1 aromatic rings. The number of halogens is 1. The molecule has 47 heavy (non-hydrogen) atoms. The Bertz CT molecular complexity index is 1430. The molecule has 2 fully saturated rings. The number of amides is 4. The zero-order valence-electron chi connectivity index (χ0n) is 27.2. The van der Waals surface area contributed by atoms with Crippen molar-refractivity contribution >= 4 is 41.6 Å². The first-order valence-corrected chi connectivity index (χ1v) is 16.4. The standard InChI is InChI=1S/C33H43ClN4O9/c1-5-45-29(41)33-16-21(33)10-7-13-44-14-8-12-25(35-30(42)47-32(2,3)4)28(40)38-18-22(15-26(38)27(39)36-33)46-31(43)37-17-20-9-6-11-24(34)23(20)19-37/h6-7,9-11,21-22,25-26H,5,8,12-19H2,1-4H3,(H,35,42)(H,36,39)/b10-7-/t21-,22-,25+,26+,33-/m1/s1. The van der Waals surface area contributed by atoms with Crippen LogP contribution >= 0.6 is 11.6 Å². The summed E-state index contributed by atoms with van der Waals surface area (Å²) in [4.78, 5) is 70.2. The highest BCUT2D eigenvalue weighted by molar-refractivity contribution is 6.31. The van der Waals surface area contributed by atoms with Crippen LogP contribution in [0.5, 0.6) is 0 Å². The zero-order valence-corrected chi connectivity index (χ0v) is 28.0. The van der Waals surface area contributed by atoms with E-state index in [2.05, 4.69) is 10.6 Å². The number of esters is 1. The molecule has 4 aliphatic rings. The summed E-state index contributed by atoms with van der Waals surface area (Å²) in [6.07, 6.45) is 2.35. The maximum atomic E-state index is 14.2. The molecule has 13 nitrogen and oxygen atoms in total. The van der Waals surface area contributed by atoms with Gasteiger partial charge in [-0.15, -0.1) is 0 Å². The van der Waals surface area contributed by atoms with Gasteiger partial charge in [-0.1, -0.05) is 35.9 Å². The molecule has 1 saturated carbocycles. The number of rotatable bonds is 4. The lowest BCUT2D eigenvalue weighted by Gasteiger charge is -2.30. The second-order valence-corrected chi connectivity index (χ2v) is 13.7. The molecule has 2 N–H and O–H groups in total. The van der Waals surface area contributed by atoms with Crippen molar-refractivity contribution in [1.29, 1.82) is 0 Å². The zero-order chi connectivity index (χ0) is 33.9. The second kappa shape index (κ2) is 14.1. The predicted molar refractivity (Wildman–Crippen MR) is 169 cm³/mol. The Hall–Kier alpha value is -3.84. The molecule has 5 atom stereocenters. The van der Waals surface area contributed by atoms with E-state index in [9.17, 15) is 24.0 Å². The highest BCUT2D eigenvalue weighted by atomic mass is 35.5. The van der Waals surface area contributed by atoms with Crippen LogP contribution in [0.25, 0.3) is 0 Å². The van der Waals surface area contributed by atoms with Gasteiger partial charge >= 0.3 is 18.2 Å². The Labute approximate surface area is 279 Å². The van der Waals surface area contributed by atoms with E-state index in [4.69, 9.17) is 30.5 Å². The van der Waals surface area contributed by atoms with Crippen molar-refractivity contribution in [2.75, 3.05) is 26.4 Å². The summed E-state index contributed by atoms with van der Waals surface area (Å²) in [7, 11) is 0. The molecule has 0 radical (unpaired) electrons. The van der Waals surface area contributed by atoms with Crippen molar-refractivity contribution in [3.05, 3.63) is 46.5 Å².